The van der Waals surface area contributed by atoms with Gasteiger partial charge >= 0.3 is 5.97 Å². The lowest BCUT2D eigenvalue weighted by Crippen LogP contribution is -2.14. The number of hydrogen-bond acceptors (Lipinski definition) is 5. The number of hydrogen-bond donors (Lipinski definition) is 0. The first-order chi connectivity index (χ1) is 5.72. The third-order valence-electron chi connectivity index (χ3n) is 1.43. The molecule has 4 nitrogen and oxygen atoms in total. The van der Waals surface area contributed by atoms with Crippen molar-refractivity contribution >= 4 is 18.4 Å². The molecule has 0 aliphatic heterocycles. The molecule has 1 atom stereocenters. The molecule has 0 aromatic carbocycles. The van der Waals surface area contributed by atoms with Crippen LogP contribution in [0.15, 0.2) is 4.53 Å². The first-order valence-corrected chi connectivity index (χ1v) is 4.20. The molecule has 1 unspecified atom stereocenters. The molecule has 0 bridgehead atoms. The highest BCUT2D eigenvalue weighted by molar-refractivity contribution is 7.47. The van der Waals surface area contributed by atoms with Gasteiger partial charge in [0.25, 0.3) is 0 Å². The van der Waals surface area contributed by atoms with Crippen LogP contribution in [0.3, 0.4) is 0 Å². The van der Waals surface area contributed by atoms with Gasteiger partial charge in [-0.2, -0.15) is 0 Å². The zero-order valence-corrected chi connectivity index (χ0v) is 8.10. The van der Waals surface area contributed by atoms with Gasteiger partial charge in [-0.1, -0.05) is 6.92 Å². The molecule has 70 valence electrons. The Morgan fingerprint density at radius 1 is 1.67 bits per heavy atom. The van der Waals surface area contributed by atoms with Crippen LogP contribution >= 0.6 is 0 Å². The third-order valence-corrected chi connectivity index (χ3v) is 1.50. The summed E-state index contributed by atoms with van der Waals surface area (Å²) in [6.45, 7) is 4.88. The molecule has 0 aliphatic rings. The van der Waals surface area contributed by atoms with E-state index < -0.39 is 5.97 Å². The van der Waals surface area contributed by atoms with Crippen molar-refractivity contribution in [3.63, 3.8) is 0 Å². The molecule has 0 saturated heterocycles. The highest BCUT2D eigenvalue weighted by atomic mass is 32.1. The highest BCUT2D eigenvalue weighted by Gasteiger charge is 2.13. The lowest BCUT2D eigenvalue weighted by Gasteiger charge is -2.06. The Morgan fingerprint density at radius 2 is 2.33 bits per heavy atom. The number of rotatable bonds is 6. The summed E-state index contributed by atoms with van der Waals surface area (Å²) in [5.41, 5.74) is 0. The van der Waals surface area contributed by atoms with Crippen molar-refractivity contribution in [2.45, 2.75) is 20.3 Å². The van der Waals surface area contributed by atoms with Gasteiger partial charge in [0.1, 0.15) is 0 Å². The van der Waals surface area contributed by atoms with Crippen molar-refractivity contribution < 1.29 is 14.4 Å². The van der Waals surface area contributed by atoms with E-state index in [1.165, 1.54) is 0 Å². The Labute approximate surface area is 77.4 Å². The van der Waals surface area contributed by atoms with E-state index in [1.807, 2.05) is 6.92 Å². The van der Waals surface area contributed by atoms with E-state index in [2.05, 4.69) is 21.8 Å². The monoisotopic (exact) mass is 191 g/mol. The van der Waals surface area contributed by atoms with E-state index in [0.717, 1.165) is 0 Å². The van der Waals surface area contributed by atoms with E-state index in [1.54, 1.807) is 6.92 Å². The predicted octanol–water partition coefficient (Wildman–Crippen LogP) is 1.24. The maximum Gasteiger partial charge on any atom is 0.339 e. The Hall–Kier alpha value is -0.550. The van der Waals surface area contributed by atoms with Crippen LogP contribution in [0.4, 0.5) is 0 Å². The SMILES string of the molecule is CCOCCC(C)C(=O)ON=S. The summed E-state index contributed by atoms with van der Waals surface area (Å²) in [5.74, 6) is -0.604. The second-order valence-corrected chi connectivity index (χ2v) is 2.52. The summed E-state index contributed by atoms with van der Waals surface area (Å²) < 4.78 is 7.95. The Bertz CT molecular complexity index is 152. The summed E-state index contributed by atoms with van der Waals surface area (Å²) in [6, 6.07) is 0. The summed E-state index contributed by atoms with van der Waals surface area (Å²) in [5, 5.41) is 0. The molecule has 0 heterocycles. The summed E-state index contributed by atoms with van der Waals surface area (Å²) in [7, 11) is 0. The predicted molar refractivity (Wildman–Crippen MR) is 46.2 cm³/mol. The van der Waals surface area contributed by atoms with E-state index in [-0.39, 0.29) is 5.92 Å². The topological polar surface area (TPSA) is 47.9 Å². The van der Waals surface area contributed by atoms with E-state index in [4.69, 9.17) is 4.74 Å². The van der Waals surface area contributed by atoms with Gasteiger partial charge in [0.2, 0.25) is 0 Å². The van der Waals surface area contributed by atoms with E-state index in [0.29, 0.717) is 19.6 Å². The zero-order valence-electron chi connectivity index (χ0n) is 7.28. The van der Waals surface area contributed by atoms with Crippen molar-refractivity contribution in [1.29, 1.82) is 0 Å². The molecular weight excluding hydrogens is 178 g/mol. The number of carbonyl (C=O) groups is 1. The quantitative estimate of drug-likeness (QED) is 0.468. The normalized spacial score (nSPS) is 12.2. The summed E-state index contributed by atoms with van der Waals surface area (Å²) >= 11 is 4.13. The van der Waals surface area contributed by atoms with Crippen molar-refractivity contribution in [2.24, 2.45) is 10.4 Å². The molecule has 0 spiro atoms. The fraction of sp³-hybridized carbons (Fsp3) is 0.857. The van der Waals surface area contributed by atoms with Crippen LogP contribution in [0.5, 0.6) is 0 Å². The van der Waals surface area contributed by atoms with Crippen LogP contribution in [0.1, 0.15) is 20.3 Å². The van der Waals surface area contributed by atoms with Crippen LogP contribution in [0, 0.1) is 5.92 Å². The van der Waals surface area contributed by atoms with Gasteiger partial charge in [-0.05, 0) is 17.9 Å². The average Bonchev–Trinajstić information content (AvgIpc) is 2.05. The van der Waals surface area contributed by atoms with Gasteiger partial charge in [0, 0.05) is 13.2 Å². The first kappa shape index (κ1) is 11.4. The van der Waals surface area contributed by atoms with Gasteiger partial charge in [-0.15, -0.1) is 0 Å². The van der Waals surface area contributed by atoms with E-state index >= 15 is 0 Å². The van der Waals surface area contributed by atoms with Crippen molar-refractivity contribution in [3.8, 4) is 0 Å². The standard InChI is InChI=1S/C7H13NO3S/c1-3-10-5-4-6(2)7(9)11-8-12/h6H,3-5H2,1-2H3. The lowest BCUT2D eigenvalue weighted by molar-refractivity contribution is -0.148. The Balaban J connectivity index is 3.49. The van der Waals surface area contributed by atoms with Crippen molar-refractivity contribution in [2.75, 3.05) is 13.2 Å². The second-order valence-electron chi connectivity index (χ2n) is 2.37. The van der Waals surface area contributed by atoms with Crippen LogP contribution in [-0.4, -0.2) is 19.2 Å². The second kappa shape index (κ2) is 7.12. The summed E-state index contributed by atoms with van der Waals surface area (Å²) in [6.07, 6.45) is 0.636. The van der Waals surface area contributed by atoms with Gasteiger partial charge < -0.3 is 9.57 Å². The Kier molecular flexibility index (Phi) is 6.79. The van der Waals surface area contributed by atoms with Gasteiger partial charge in [-0.3, -0.25) is 0 Å². The molecule has 0 radical (unpaired) electrons. The van der Waals surface area contributed by atoms with Crippen LogP contribution in [-0.2, 0) is 26.8 Å². The van der Waals surface area contributed by atoms with Crippen LogP contribution in [0.25, 0.3) is 0 Å². The fourth-order valence-electron chi connectivity index (χ4n) is 0.649. The average molecular weight is 191 g/mol. The largest absolute Gasteiger partial charge is 0.382 e. The molecule has 0 aromatic rings. The first-order valence-electron chi connectivity index (χ1n) is 3.83. The minimum absolute atomic E-state index is 0.205. The lowest BCUT2D eigenvalue weighted by atomic mass is 10.1. The van der Waals surface area contributed by atoms with Crippen LogP contribution in [0.2, 0.25) is 0 Å². The fourth-order valence-corrected chi connectivity index (χ4v) is 0.722. The minimum Gasteiger partial charge on any atom is -0.382 e. The van der Waals surface area contributed by atoms with Gasteiger partial charge in [0.15, 0.2) is 0 Å². The van der Waals surface area contributed by atoms with Crippen molar-refractivity contribution in [1.82, 2.24) is 0 Å². The summed E-state index contributed by atoms with van der Waals surface area (Å²) in [4.78, 5) is 15.2. The third kappa shape index (κ3) is 5.15. The minimum atomic E-state index is -0.398. The smallest absolute Gasteiger partial charge is 0.339 e. The molecule has 0 amide bonds. The molecule has 0 N–H and O–H groups in total. The maximum absolute atomic E-state index is 10.9. The molecule has 0 aromatic heterocycles. The molecule has 5 heteroatoms. The van der Waals surface area contributed by atoms with Gasteiger partial charge in [0.05, 0.1) is 18.3 Å². The molecule has 12 heavy (non-hydrogen) atoms. The molecular formula is C7H13NO3S. The van der Waals surface area contributed by atoms with E-state index in [9.17, 15) is 4.79 Å². The molecule has 0 fully saturated rings. The number of carbonyl (C=O) groups excluding carboxylic acids is 1. The van der Waals surface area contributed by atoms with Crippen molar-refractivity contribution in [3.05, 3.63) is 0 Å². The number of ether oxygens (including phenoxy) is 1. The maximum atomic E-state index is 10.9. The number of nitrogens with zero attached hydrogens (tertiary/aromatic N) is 1. The van der Waals surface area contributed by atoms with Gasteiger partial charge in [-0.25, -0.2) is 4.79 Å². The highest BCUT2D eigenvalue weighted by Crippen LogP contribution is 2.04. The van der Waals surface area contributed by atoms with Crippen LogP contribution < -0.4 is 0 Å². The zero-order chi connectivity index (χ0) is 9.40. The molecule has 0 rings (SSSR count). The molecule has 0 saturated carbocycles. The molecule has 0 aliphatic carbocycles. The Morgan fingerprint density at radius 3 is 2.83 bits per heavy atom.